The molecule has 0 amide bonds. The summed E-state index contributed by atoms with van der Waals surface area (Å²) in [6.07, 6.45) is 5.16. The lowest BCUT2D eigenvalue weighted by molar-refractivity contribution is 0.376. The van der Waals surface area contributed by atoms with E-state index in [1.165, 1.54) is 5.56 Å². The molecule has 1 atom stereocenters. The van der Waals surface area contributed by atoms with Gasteiger partial charge in [0, 0.05) is 18.9 Å². The average molecular weight is 268 g/mol. The molecule has 0 aromatic carbocycles. The first-order valence-electron chi connectivity index (χ1n) is 6.37. The first kappa shape index (κ1) is 13.5. The summed E-state index contributed by atoms with van der Waals surface area (Å²) in [5.41, 5.74) is 1.25. The molecule has 2 heterocycles. The van der Waals surface area contributed by atoms with E-state index in [1.807, 2.05) is 19.2 Å². The number of nitrogens with one attached hydrogen (secondary N) is 1. The highest BCUT2D eigenvalue weighted by Crippen LogP contribution is 2.32. The molecule has 0 saturated carbocycles. The van der Waals surface area contributed by atoms with E-state index in [1.54, 1.807) is 12.4 Å². The van der Waals surface area contributed by atoms with Gasteiger partial charge in [0.25, 0.3) is 0 Å². The SMILES string of the molecule is CNCC(c1ccncc1)C1CCS(=O)(=O)CC1. The molecule has 1 aromatic rings. The molecule has 18 heavy (non-hydrogen) atoms. The third-order valence-corrected chi connectivity index (χ3v) is 5.44. The Hall–Kier alpha value is -0.940. The topological polar surface area (TPSA) is 59.1 Å². The molecule has 0 bridgehead atoms. The van der Waals surface area contributed by atoms with Crippen LogP contribution in [0.4, 0.5) is 0 Å². The first-order valence-corrected chi connectivity index (χ1v) is 8.19. The van der Waals surface area contributed by atoms with Crippen LogP contribution in [0.25, 0.3) is 0 Å². The zero-order valence-corrected chi connectivity index (χ0v) is 11.5. The van der Waals surface area contributed by atoms with E-state index >= 15 is 0 Å². The highest BCUT2D eigenvalue weighted by Gasteiger charge is 2.29. The highest BCUT2D eigenvalue weighted by atomic mass is 32.2. The fraction of sp³-hybridized carbons (Fsp3) is 0.615. The molecule has 1 aromatic heterocycles. The summed E-state index contributed by atoms with van der Waals surface area (Å²) in [7, 11) is -0.841. The normalized spacial score (nSPS) is 21.6. The number of aromatic nitrogens is 1. The van der Waals surface area contributed by atoms with Crippen LogP contribution < -0.4 is 5.32 Å². The molecular formula is C13H20N2O2S. The number of sulfone groups is 1. The fourth-order valence-electron chi connectivity index (χ4n) is 2.70. The third kappa shape index (κ3) is 3.29. The van der Waals surface area contributed by atoms with E-state index in [0.29, 0.717) is 23.3 Å². The molecule has 5 heteroatoms. The zero-order valence-electron chi connectivity index (χ0n) is 10.7. The molecule has 1 aliphatic heterocycles. The van der Waals surface area contributed by atoms with Gasteiger partial charge >= 0.3 is 0 Å². The van der Waals surface area contributed by atoms with Crippen LogP contribution in [0.3, 0.4) is 0 Å². The molecule has 2 rings (SSSR count). The smallest absolute Gasteiger partial charge is 0.150 e. The van der Waals surface area contributed by atoms with Crippen molar-refractivity contribution in [3.63, 3.8) is 0 Å². The Morgan fingerprint density at radius 2 is 1.94 bits per heavy atom. The van der Waals surface area contributed by atoms with Crippen molar-refractivity contribution in [1.82, 2.24) is 10.3 Å². The number of nitrogens with zero attached hydrogens (tertiary/aromatic N) is 1. The van der Waals surface area contributed by atoms with Gasteiger partial charge in [-0.1, -0.05) is 0 Å². The molecule has 1 N–H and O–H groups in total. The van der Waals surface area contributed by atoms with Gasteiger partial charge in [0.2, 0.25) is 0 Å². The van der Waals surface area contributed by atoms with Crippen LogP contribution in [0.1, 0.15) is 24.3 Å². The number of hydrogen-bond acceptors (Lipinski definition) is 4. The molecule has 1 unspecified atom stereocenters. The second-order valence-corrected chi connectivity index (χ2v) is 7.24. The number of likely N-dealkylation sites (N-methyl/N-ethyl adjacent to an activating group) is 1. The zero-order chi connectivity index (χ0) is 13.0. The molecule has 100 valence electrons. The van der Waals surface area contributed by atoms with E-state index in [2.05, 4.69) is 10.3 Å². The van der Waals surface area contributed by atoms with E-state index in [0.717, 1.165) is 19.4 Å². The summed E-state index contributed by atoms with van der Waals surface area (Å²) in [4.78, 5) is 4.04. The summed E-state index contributed by atoms with van der Waals surface area (Å²) >= 11 is 0. The Morgan fingerprint density at radius 1 is 1.33 bits per heavy atom. The number of pyridine rings is 1. The van der Waals surface area contributed by atoms with E-state index in [-0.39, 0.29) is 0 Å². The minimum Gasteiger partial charge on any atom is -0.319 e. The van der Waals surface area contributed by atoms with Crippen molar-refractivity contribution in [1.29, 1.82) is 0 Å². The largest absolute Gasteiger partial charge is 0.319 e. The average Bonchev–Trinajstić information content (AvgIpc) is 2.38. The van der Waals surface area contributed by atoms with Gasteiger partial charge in [-0.2, -0.15) is 0 Å². The lowest BCUT2D eigenvalue weighted by Crippen LogP contribution is -2.31. The van der Waals surface area contributed by atoms with E-state index in [4.69, 9.17) is 0 Å². The Balaban J connectivity index is 2.12. The standard InChI is InChI=1S/C13H20N2O2S/c1-14-10-13(11-2-6-15-7-3-11)12-4-8-18(16,17)9-5-12/h2-3,6-7,12-14H,4-5,8-10H2,1H3. The monoisotopic (exact) mass is 268 g/mol. The van der Waals surface area contributed by atoms with Crippen LogP contribution >= 0.6 is 0 Å². The third-order valence-electron chi connectivity index (χ3n) is 3.73. The predicted octanol–water partition coefficient (Wildman–Crippen LogP) is 1.21. The molecule has 1 saturated heterocycles. The number of rotatable bonds is 4. The second-order valence-electron chi connectivity index (χ2n) is 4.93. The summed E-state index contributed by atoms with van der Waals surface area (Å²) in [5.74, 6) is 1.50. The molecule has 0 aliphatic carbocycles. The molecule has 0 radical (unpaired) electrons. The second kappa shape index (κ2) is 5.80. The van der Waals surface area contributed by atoms with Crippen molar-refractivity contribution in [2.75, 3.05) is 25.1 Å². The van der Waals surface area contributed by atoms with Crippen LogP contribution in [0.15, 0.2) is 24.5 Å². The first-order chi connectivity index (χ1) is 8.62. The molecule has 4 nitrogen and oxygen atoms in total. The lowest BCUT2D eigenvalue weighted by Gasteiger charge is -2.30. The van der Waals surface area contributed by atoms with Crippen LogP contribution in [0, 0.1) is 5.92 Å². The Labute approximate surface area is 109 Å². The Bertz CT molecular complexity index is 459. The van der Waals surface area contributed by atoms with Crippen molar-refractivity contribution in [2.45, 2.75) is 18.8 Å². The molecule has 0 spiro atoms. The van der Waals surface area contributed by atoms with Gasteiger partial charge in [0.15, 0.2) is 0 Å². The summed E-state index contributed by atoms with van der Waals surface area (Å²) < 4.78 is 23.0. The van der Waals surface area contributed by atoms with Gasteiger partial charge < -0.3 is 5.32 Å². The maximum absolute atomic E-state index is 11.5. The minimum absolute atomic E-state index is 0.336. The van der Waals surface area contributed by atoms with Crippen molar-refractivity contribution in [3.8, 4) is 0 Å². The Morgan fingerprint density at radius 3 is 2.50 bits per heavy atom. The fourth-order valence-corrected chi connectivity index (χ4v) is 4.23. The minimum atomic E-state index is -2.78. The molecular weight excluding hydrogens is 248 g/mol. The molecule has 1 aliphatic rings. The van der Waals surface area contributed by atoms with Crippen molar-refractivity contribution >= 4 is 9.84 Å². The van der Waals surface area contributed by atoms with Gasteiger partial charge in [0.1, 0.15) is 9.84 Å². The maximum Gasteiger partial charge on any atom is 0.150 e. The van der Waals surface area contributed by atoms with Gasteiger partial charge in [-0.3, -0.25) is 4.98 Å². The lowest BCUT2D eigenvalue weighted by atomic mass is 9.82. The van der Waals surface area contributed by atoms with Crippen molar-refractivity contribution < 1.29 is 8.42 Å². The van der Waals surface area contributed by atoms with E-state index in [9.17, 15) is 8.42 Å². The van der Waals surface area contributed by atoms with Crippen LogP contribution in [-0.4, -0.2) is 38.5 Å². The van der Waals surface area contributed by atoms with Crippen LogP contribution in [0.5, 0.6) is 0 Å². The number of hydrogen-bond donors (Lipinski definition) is 1. The maximum atomic E-state index is 11.5. The summed E-state index contributed by atoms with van der Waals surface area (Å²) in [5, 5.41) is 3.21. The van der Waals surface area contributed by atoms with Gasteiger partial charge in [-0.05, 0) is 49.4 Å². The summed E-state index contributed by atoms with van der Waals surface area (Å²) in [6.45, 7) is 0.884. The van der Waals surface area contributed by atoms with Crippen LogP contribution in [-0.2, 0) is 9.84 Å². The summed E-state index contributed by atoms with van der Waals surface area (Å²) in [6, 6.07) is 4.07. The van der Waals surface area contributed by atoms with Gasteiger partial charge in [0.05, 0.1) is 11.5 Å². The van der Waals surface area contributed by atoms with Gasteiger partial charge in [-0.25, -0.2) is 8.42 Å². The quantitative estimate of drug-likeness (QED) is 0.891. The Kier molecular flexibility index (Phi) is 4.35. The van der Waals surface area contributed by atoms with Crippen molar-refractivity contribution in [2.24, 2.45) is 5.92 Å². The van der Waals surface area contributed by atoms with Crippen molar-refractivity contribution in [3.05, 3.63) is 30.1 Å². The van der Waals surface area contributed by atoms with E-state index < -0.39 is 9.84 Å². The molecule has 1 fully saturated rings. The van der Waals surface area contributed by atoms with Crippen LogP contribution in [0.2, 0.25) is 0 Å². The highest BCUT2D eigenvalue weighted by molar-refractivity contribution is 7.91. The predicted molar refractivity (Wildman–Crippen MR) is 72.3 cm³/mol. The van der Waals surface area contributed by atoms with Gasteiger partial charge in [-0.15, -0.1) is 0 Å².